The van der Waals surface area contributed by atoms with Crippen LogP contribution in [-0.2, 0) is 20.9 Å². The lowest BCUT2D eigenvalue weighted by Gasteiger charge is -2.19. The number of hydrogen-bond acceptors (Lipinski definition) is 5. The van der Waals surface area contributed by atoms with Gasteiger partial charge in [-0.3, -0.25) is 0 Å². The van der Waals surface area contributed by atoms with Crippen molar-refractivity contribution in [1.29, 1.82) is 0 Å². The summed E-state index contributed by atoms with van der Waals surface area (Å²) in [6.07, 6.45) is 0. The highest BCUT2D eigenvalue weighted by molar-refractivity contribution is 8.17. The molecule has 0 spiro atoms. The molecule has 0 saturated heterocycles. The van der Waals surface area contributed by atoms with Gasteiger partial charge in [-0.2, -0.15) is 10.9 Å². The summed E-state index contributed by atoms with van der Waals surface area (Å²) < 4.78 is 20.9. The second-order valence-corrected chi connectivity index (χ2v) is 10.2. The van der Waals surface area contributed by atoms with Crippen LogP contribution in [0.2, 0.25) is 0 Å². The van der Waals surface area contributed by atoms with Crippen molar-refractivity contribution < 1.29 is 23.7 Å². The van der Waals surface area contributed by atoms with E-state index in [1.165, 1.54) is 32.9 Å². The highest BCUT2D eigenvalue weighted by atomic mass is 32.2. The maximum Gasteiger partial charge on any atom is 0.346 e. The Kier molecular flexibility index (Phi) is 7.02. The number of methoxy groups -OCH3 is 1. The topological polar surface area (TPSA) is 54.0 Å². The molecule has 0 N–H and O–H groups in total. The maximum atomic E-state index is 11.5. The molecule has 178 valence electrons. The van der Waals surface area contributed by atoms with Crippen molar-refractivity contribution in [3.63, 3.8) is 0 Å². The van der Waals surface area contributed by atoms with Gasteiger partial charge in [0.15, 0.2) is 13.4 Å². The number of ether oxygens (including phenoxy) is 4. The van der Waals surface area contributed by atoms with Gasteiger partial charge >= 0.3 is 5.97 Å². The Hall–Kier alpha value is -3.74. The van der Waals surface area contributed by atoms with Gasteiger partial charge in [-0.05, 0) is 70.1 Å². The molecule has 0 atom stereocenters. The molecule has 1 heterocycles. The minimum Gasteiger partial charge on any atom is -0.489 e. The quantitative estimate of drug-likeness (QED) is 0.152. The molecule has 4 aromatic rings. The zero-order valence-corrected chi connectivity index (χ0v) is 20.2. The number of carbonyl (C=O) groups excluding carboxylic acids is 1. The van der Waals surface area contributed by atoms with Gasteiger partial charge in [0.05, 0.1) is 0 Å². The summed E-state index contributed by atoms with van der Waals surface area (Å²) >= 11 is 0. The van der Waals surface area contributed by atoms with E-state index in [0.717, 1.165) is 11.3 Å². The zero-order valence-electron chi connectivity index (χ0n) is 19.3. The average molecular weight is 487 g/mol. The zero-order chi connectivity index (χ0) is 24.0. The summed E-state index contributed by atoms with van der Waals surface area (Å²) in [5.74, 6) is 0.936. The van der Waals surface area contributed by atoms with Crippen molar-refractivity contribution in [2.45, 2.75) is 21.3 Å². The third-order valence-electron chi connectivity index (χ3n) is 5.70. The highest BCUT2D eigenvalue weighted by Crippen LogP contribution is 2.62. The Balaban J connectivity index is 1.20. The Morgan fingerprint density at radius 1 is 0.714 bits per heavy atom. The Morgan fingerprint density at radius 2 is 1.29 bits per heavy atom. The first-order valence-electron chi connectivity index (χ1n) is 11.3. The van der Waals surface area contributed by atoms with Gasteiger partial charge in [-0.1, -0.05) is 48.5 Å². The van der Waals surface area contributed by atoms with Crippen LogP contribution in [0.25, 0.3) is 11.1 Å². The first-order valence-corrected chi connectivity index (χ1v) is 12.6. The molecule has 4 aromatic carbocycles. The minimum atomic E-state index is -0.563. The molecule has 0 amide bonds. The predicted octanol–water partition coefficient (Wildman–Crippen LogP) is 6.25. The van der Waals surface area contributed by atoms with Crippen molar-refractivity contribution in [2.24, 2.45) is 0 Å². The number of benzene rings is 4. The molecule has 5 rings (SSSR count). The maximum absolute atomic E-state index is 11.5. The van der Waals surface area contributed by atoms with Crippen LogP contribution in [0.15, 0.2) is 112 Å². The normalized spacial score (nSPS) is 12.5. The molecule has 0 aliphatic carbocycles. The number of thiol groups is 1. The molecule has 1 aliphatic rings. The van der Waals surface area contributed by atoms with E-state index in [1.54, 1.807) is 0 Å². The van der Waals surface area contributed by atoms with E-state index in [2.05, 4.69) is 60.7 Å². The average Bonchev–Trinajstić information content (AvgIpc) is 3.25. The van der Waals surface area contributed by atoms with Crippen molar-refractivity contribution in [1.82, 2.24) is 0 Å². The van der Waals surface area contributed by atoms with Gasteiger partial charge in [0.1, 0.15) is 18.1 Å². The molecule has 1 aliphatic heterocycles. The fourth-order valence-electron chi connectivity index (χ4n) is 4.05. The summed E-state index contributed by atoms with van der Waals surface area (Å²) in [5, 5.41) is 0. The third-order valence-corrected chi connectivity index (χ3v) is 8.26. The summed E-state index contributed by atoms with van der Waals surface area (Å²) in [6, 6.07) is 33.3. The fraction of sp³-hybridized carbons (Fsp3) is 0.138. The van der Waals surface area contributed by atoms with Gasteiger partial charge in [0.25, 0.3) is 0 Å². The first-order chi connectivity index (χ1) is 17.2. The summed E-state index contributed by atoms with van der Waals surface area (Å²) in [6.45, 7) is 0.195. The SMILES string of the molecule is COCOC(=O)COc1ccc(COc2ccc([SH]3c4ccccc4-c4ccccc43)cc2)cc1. The lowest BCUT2D eigenvalue weighted by Crippen LogP contribution is -2.16. The Morgan fingerprint density at radius 3 is 1.91 bits per heavy atom. The van der Waals surface area contributed by atoms with Crippen molar-refractivity contribution in [2.75, 3.05) is 20.5 Å². The second-order valence-electron chi connectivity index (χ2n) is 8.01. The largest absolute Gasteiger partial charge is 0.489 e. The van der Waals surface area contributed by atoms with Crippen LogP contribution in [0.1, 0.15) is 5.56 Å². The summed E-state index contributed by atoms with van der Waals surface area (Å²) in [5.41, 5.74) is 3.69. The van der Waals surface area contributed by atoms with Crippen LogP contribution >= 0.6 is 10.9 Å². The van der Waals surface area contributed by atoms with E-state index in [0.29, 0.717) is 12.4 Å². The fourth-order valence-corrected chi connectivity index (χ4v) is 6.65. The number of fused-ring (bicyclic) bond motifs is 3. The van der Waals surface area contributed by atoms with E-state index in [9.17, 15) is 4.79 Å². The van der Waals surface area contributed by atoms with E-state index < -0.39 is 16.9 Å². The molecule has 0 aromatic heterocycles. The van der Waals surface area contributed by atoms with E-state index in [1.807, 2.05) is 36.4 Å². The van der Waals surface area contributed by atoms with Crippen molar-refractivity contribution >= 4 is 16.9 Å². The molecule has 0 fully saturated rings. The number of esters is 1. The van der Waals surface area contributed by atoms with E-state index in [-0.39, 0.29) is 13.4 Å². The molecule has 0 bridgehead atoms. The van der Waals surface area contributed by atoms with Gasteiger partial charge < -0.3 is 18.9 Å². The summed E-state index contributed by atoms with van der Waals surface area (Å²) in [4.78, 5) is 15.6. The van der Waals surface area contributed by atoms with Crippen LogP contribution in [0.5, 0.6) is 11.5 Å². The minimum absolute atomic E-state index is 0.0816. The number of carbonyl (C=O) groups is 1. The highest BCUT2D eigenvalue weighted by Gasteiger charge is 2.26. The van der Waals surface area contributed by atoms with Gasteiger partial charge in [0, 0.05) is 16.9 Å². The molecular formula is C29H26O5S. The van der Waals surface area contributed by atoms with Gasteiger partial charge in [-0.15, -0.1) is 0 Å². The van der Waals surface area contributed by atoms with Crippen LogP contribution in [0, 0.1) is 0 Å². The standard InChI is InChI=1S/C29H26O5S/c1-31-20-34-29(30)19-33-22-12-10-21(11-13-22)18-32-23-14-16-24(17-15-23)35-27-8-4-2-6-25(27)26-7-3-5-9-28(26)35/h2-17,35H,18-20H2,1H3. The van der Waals surface area contributed by atoms with Crippen LogP contribution in [-0.4, -0.2) is 26.5 Å². The number of hydrogen-bond donors (Lipinski definition) is 1. The summed E-state index contributed by atoms with van der Waals surface area (Å²) in [7, 11) is 0.894. The van der Waals surface area contributed by atoms with Gasteiger partial charge in [-0.25, -0.2) is 4.79 Å². The molecule has 35 heavy (non-hydrogen) atoms. The molecular weight excluding hydrogens is 460 g/mol. The second kappa shape index (κ2) is 10.7. The van der Waals surface area contributed by atoms with Crippen LogP contribution in [0.4, 0.5) is 0 Å². The molecule has 0 unspecified atom stereocenters. The third kappa shape index (κ3) is 5.19. The smallest absolute Gasteiger partial charge is 0.346 e. The molecule has 5 nitrogen and oxygen atoms in total. The first kappa shape index (κ1) is 23.0. The lowest BCUT2D eigenvalue weighted by atomic mass is 10.1. The number of rotatable bonds is 9. The van der Waals surface area contributed by atoms with Crippen LogP contribution in [0.3, 0.4) is 0 Å². The van der Waals surface area contributed by atoms with Crippen molar-refractivity contribution in [3.05, 3.63) is 103 Å². The molecule has 6 heteroatoms. The van der Waals surface area contributed by atoms with E-state index in [4.69, 9.17) is 18.9 Å². The monoisotopic (exact) mass is 486 g/mol. The predicted molar refractivity (Wildman–Crippen MR) is 136 cm³/mol. The van der Waals surface area contributed by atoms with E-state index >= 15 is 0 Å². The Bertz CT molecular complexity index is 1260. The molecule has 0 saturated carbocycles. The lowest BCUT2D eigenvalue weighted by molar-refractivity contribution is -0.156. The van der Waals surface area contributed by atoms with Gasteiger partial charge in [0.2, 0.25) is 0 Å². The molecule has 0 radical (unpaired) electrons. The van der Waals surface area contributed by atoms with Crippen molar-refractivity contribution in [3.8, 4) is 22.6 Å². The Labute approximate surface area is 207 Å². The van der Waals surface area contributed by atoms with Crippen LogP contribution < -0.4 is 9.47 Å².